The number of allylic oxidation sites excluding steroid dienone is 1. The molecule has 0 spiro atoms. The highest BCUT2D eigenvalue weighted by atomic mass is 16.6. The topological polar surface area (TPSA) is 155 Å². The average Bonchev–Trinajstić information content (AvgIpc) is 3.41. The number of carbonyl (C=O) groups is 4. The molecule has 11 nitrogen and oxygen atoms in total. The monoisotopic (exact) mass is 662 g/mol. The number of aromatic amines is 1. The van der Waals surface area contributed by atoms with Crippen molar-refractivity contribution in [2.45, 2.75) is 71.0 Å². The number of hydrogen-bond acceptors (Lipinski definition) is 9. The second-order valence-electron chi connectivity index (χ2n) is 13.5. The summed E-state index contributed by atoms with van der Waals surface area (Å²) < 4.78 is 17.8. The van der Waals surface area contributed by atoms with Crippen molar-refractivity contribution < 1.29 is 43.6 Å². The summed E-state index contributed by atoms with van der Waals surface area (Å²) in [7, 11) is 2.43. The van der Waals surface area contributed by atoms with Gasteiger partial charge in [0.2, 0.25) is 0 Å². The third-order valence-corrected chi connectivity index (χ3v) is 10.5. The number of ether oxygens (including phenoxy) is 3. The summed E-state index contributed by atoms with van der Waals surface area (Å²) in [5, 5.41) is 19.8. The normalized spacial score (nSPS) is 33.2. The van der Waals surface area contributed by atoms with Gasteiger partial charge in [0.25, 0.3) is 11.8 Å². The number of esters is 2. The highest BCUT2D eigenvalue weighted by molar-refractivity contribution is 6.21. The molecule has 2 aliphatic heterocycles. The zero-order valence-electron chi connectivity index (χ0n) is 28.5. The summed E-state index contributed by atoms with van der Waals surface area (Å²) in [6.45, 7) is 9.43. The number of aromatic nitrogens is 1. The van der Waals surface area contributed by atoms with Crippen LogP contribution in [0.2, 0.25) is 0 Å². The van der Waals surface area contributed by atoms with Crippen LogP contribution in [0.5, 0.6) is 0 Å². The number of rotatable bonds is 7. The van der Waals surface area contributed by atoms with Gasteiger partial charge in [0, 0.05) is 44.1 Å². The average molecular weight is 663 g/mol. The van der Waals surface area contributed by atoms with Gasteiger partial charge >= 0.3 is 11.9 Å². The second kappa shape index (κ2) is 13.8. The molecule has 10 atom stereocenters. The Hall–Kier alpha value is -4.06. The number of H-pyrrole nitrogens is 1. The zero-order valence-corrected chi connectivity index (χ0v) is 28.5. The van der Waals surface area contributed by atoms with Crippen molar-refractivity contribution in [3.8, 4) is 0 Å². The zero-order chi connectivity index (χ0) is 35.1. The number of fused-ring (bicyclic) bond motifs is 4. The number of aliphatic hydroxyl groups is 2. The first-order valence-electron chi connectivity index (χ1n) is 16.5. The van der Waals surface area contributed by atoms with Crippen molar-refractivity contribution in [2.24, 2.45) is 35.5 Å². The van der Waals surface area contributed by atoms with Crippen LogP contribution >= 0.6 is 0 Å². The van der Waals surface area contributed by atoms with E-state index in [-0.39, 0.29) is 30.1 Å². The van der Waals surface area contributed by atoms with Gasteiger partial charge in [0.15, 0.2) is 6.10 Å². The third kappa shape index (κ3) is 5.92. The Balaban J connectivity index is 0.00000221. The van der Waals surface area contributed by atoms with Crippen LogP contribution in [0, 0.1) is 35.5 Å². The molecule has 0 radical (unpaired) electrons. The molecule has 3 N–H and O–H groups in total. The predicted molar refractivity (Wildman–Crippen MR) is 176 cm³/mol. The van der Waals surface area contributed by atoms with E-state index in [4.69, 9.17) is 19.3 Å². The van der Waals surface area contributed by atoms with Gasteiger partial charge < -0.3 is 29.4 Å². The number of benzene rings is 1. The Morgan fingerprint density at radius 2 is 1.69 bits per heavy atom. The quantitative estimate of drug-likeness (QED) is 0.225. The third-order valence-electron chi connectivity index (χ3n) is 10.5. The van der Waals surface area contributed by atoms with E-state index in [1.54, 1.807) is 49.5 Å². The number of amides is 2. The van der Waals surface area contributed by atoms with Crippen LogP contribution in [-0.2, 0) is 19.0 Å². The fourth-order valence-corrected chi connectivity index (χ4v) is 8.11. The largest absolute Gasteiger partial charge is 0.458 e. The lowest BCUT2D eigenvalue weighted by molar-refractivity contribution is -0.168. The van der Waals surface area contributed by atoms with Crippen molar-refractivity contribution in [1.82, 2.24) is 9.88 Å². The SMILES string of the molecule is CO.CO[C@H]1C[C@H]2C=C[C@H]3C([C@H](OC(=O)c4ccc[nH]4)C(C)C)[C@H]3[C@]2(O)/C(C)=C/[C@@H](C)[C@@H]([C@H](C)N2C(=O)c3ccccc3C2=O)OC1=O. The van der Waals surface area contributed by atoms with Crippen molar-refractivity contribution in [1.29, 1.82) is 0 Å². The summed E-state index contributed by atoms with van der Waals surface area (Å²) in [5.41, 5.74) is 0.311. The molecule has 0 bridgehead atoms. The highest BCUT2D eigenvalue weighted by Gasteiger charge is 2.67. The molecular weight excluding hydrogens is 616 g/mol. The first-order chi connectivity index (χ1) is 22.9. The number of methoxy groups -OCH3 is 1. The summed E-state index contributed by atoms with van der Waals surface area (Å²) in [5.74, 6) is -3.38. The van der Waals surface area contributed by atoms with Crippen molar-refractivity contribution >= 4 is 23.8 Å². The van der Waals surface area contributed by atoms with Crippen LogP contribution in [-0.4, -0.2) is 88.0 Å². The van der Waals surface area contributed by atoms with Crippen LogP contribution in [0.15, 0.2) is 66.4 Å². The first-order valence-corrected chi connectivity index (χ1v) is 16.5. The molecule has 1 aromatic heterocycles. The standard InChI is InChI=1S/C36H42N2O8.CH4O/c1-18(2)30(45-34(41)26-12-9-15-37-26)28-25-14-13-22-17-27(44-6)35(42)46-31(19(3)16-20(4)36(22,43)29(25)28)21(5)38-32(39)23-10-7-8-11-24(23)33(38)40;1-2/h7-16,18-19,21-22,25,27-31,37,43H,17H2,1-6H3;2H,1H3/b20-16+;/t19-,21+,22-,25+,27+,28?,29+,30-,31+,36+;/m1./s1. The van der Waals surface area contributed by atoms with Crippen molar-refractivity contribution in [3.63, 3.8) is 0 Å². The number of aliphatic hydroxyl groups excluding tert-OH is 1. The molecule has 3 heterocycles. The maximum Gasteiger partial charge on any atom is 0.355 e. The molecule has 2 aromatic rings. The summed E-state index contributed by atoms with van der Waals surface area (Å²) in [4.78, 5) is 57.5. The Bertz CT molecular complexity index is 1560. The van der Waals surface area contributed by atoms with Gasteiger partial charge in [-0.3, -0.25) is 14.5 Å². The molecule has 1 unspecified atom stereocenters. The molecule has 1 saturated carbocycles. The van der Waals surface area contributed by atoms with Crippen LogP contribution in [0.25, 0.3) is 0 Å². The number of cyclic esters (lactones) is 1. The molecule has 11 heteroatoms. The Kier molecular flexibility index (Phi) is 10.1. The van der Waals surface area contributed by atoms with Crippen LogP contribution < -0.4 is 0 Å². The van der Waals surface area contributed by atoms with E-state index in [1.165, 1.54) is 7.11 Å². The van der Waals surface area contributed by atoms with E-state index >= 15 is 0 Å². The molecule has 2 amide bonds. The smallest absolute Gasteiger partial charge is 0.355 e. The summed E-state index contributed by atoms with van der Waals surface area (Å²) in [6.07, 6.45) is 5.38. The van der Waals surface area contributed by atoms with Crippen molar-refractivity contribution in [3.05, 3.63) is 83.2 Å². The molecule has 0 saturated heterocycles. The number of hydrogen-bond donors (Lipinski definition) is 3. The van der Waals surface area contributed by atoms with E-state index in [9.17, 15) is 24.3 Å². The maximum atomic E-state index is 13.6. The van der Waals surface area contributed by atoms with E-state index in [0.29, 0.717) is 22.4 Å². The second-order valence-corrected chi connectivity index (χ2v) is 13.5. The molecule has 2 aliphatic carbocycles. The van der Waals surface area contributed by atoms with Crippen LogP contribution in [0.4, 0.5) is 0 Å². The van der Waals surface area contributed by atoms with Gasteiger partial charge in [-0.1, -0.05) is 51.1 Å². The highest BCUT2D eigenvalue weighted by Crippen LogP contribution is 2.64. The number of imide groups is 1. The molecule has 6 rings (SSSR count). The van der Waals surface area contributed by atoms with E-state index < -0.39 is 65.5 Å². The minimum atomic E-state index is -1.37. The molecule has 4 aliphatic rings. The Labute approximate surface area is 280 Å². The maximum absolute atomic E-state index is 13.6. The number of nitrogens with zero attached hydrogens (tertiary/aromatic N) is 1. The molecule has 1 aromatic carbocycles. The fraction of sp³-hybridized carbons (Fsp3) is 0.514. The summed E-state index contributed by atoms with van der Waals surface area (Å²) >= 11 is 0. The number of carbonyl (C=O) groups excluding carboxylic acids is 4. The minimum Gasteiger partial charge on any atom is -0.458 e. The molecular formula is C37H46N2O9. The van der Waals surface area contributed by atoms with Gasteiger partial charge in [-0.05, 0) is 61.9 Å². The van der Waals surface area contributed by atoms with Crippen LogP contribution in [0.1, 0.15) is 72.2 Å². The lowest BCUT2D eigenvalue weighted by Crippen LogP contribution is -2.52. The molecule has 48 heavy (non-hydrogen) atoms. The minimum absolute atomic E-state index is 0.0145. The van der Waals surface area contributed by atoms with Gasteiger partial charge in [-0.15, -0.1) is 0 Å². The van der Waals surface area contributed by atoms with Gasteiger partial charge in [0.05, 0.1) is 22.8 Å². The van der Waals surface area contributed by atoms with Crippen LogP contribution in [0.3, 0.4) is 0 Å². The lowest BCUT2D eigenvalue weighted by Gasteiger charge is -2.42. The predicted octanol–water partition coefficient (Wildman–Crippen LogP) is 4.18. The first kappa shape index (κ1) is 35.3. The summed E-state index contributed by atoms with van der Waals surface area (Å²) in [6, 6.07) is 9.25. The van der Waals surface area contributed by atoms with E-state index in [2.05, 4.69) is 11.1 Å². The molecule has 1 fully saturated rings. The van der Waals surface area contributed by atoms with Gasteiger partial charge in [-0.25, -0.2) is 9.59 Å². The van der Waals surface area contributed by atoms with E-state index in [1.807, 2.05) is 39.8 Å². The van der Waals surface area contributed by atoms with E-state index in [0.717, 1.165) is 12.0 Å². The molecule has 258 valence electrons. The van der Waals surface area contributed by atoms with Crippen molar-refractivity contribution in [2.75, 3.05) is 14.2 Å². The Morgan fingerprint density at radius 3 is 2.25 bits per heavy atom. The van der Waals surface area contributed by atoms with Gasteiger partial charge in [0.1, 0.15) is 17.9 Å². The fourth-order valence-electron chi connectivity index (χ4n) is 8.11. The van der Waals surface area contributed by atoms with Gasteiger partial charge in [-0.2, -0.15) is 0 Å². The lowest BCUT2D eigenvalue weighted by atomic mass is 9.70. The number of nitrogens with one attached hydrogen (secondary N) is 1. The Morgan fingerprint density at radius 1 is 1.04 bits per heavy atom.